The molecule has 0 N–H and O–H groups in total. The maximum Gasteiger partial charge on any atom is 0.573 e. The Balaban J connectivity index is 1.89. The molecule has 4 nitrogen and oxygen atoms in total. The van der Waals surface area contributed by atoms with Gasteiger partial charge in [0.05, 0.1) is 12.7 Å². The van der Waals surface area contributed by atoms with E-state index < -0.39 is 11.9 Å². The first-order valence-corrected chi connectivity index (χ1v) is 7.38. The Morgan fingerprint density at radius 2 is 1.64 bits per heavy atom. The number of hydrogen-bond acceptors (Lipinski definition) is 3. The quantitative estimate of drug-likeness (QED) is 0.721. The summed E-state index contributed by atoms with van der Waals surface area (Å²) >= 11 is 0. The minimum Gasteiger partial charge on any atom is -0.405 e. The van der Waals surface area contributed by atoms with E-state index in [4.69, 9.17) is 0 Å². The van der Waals surface area contributed by atoms with Crippen molar-refractivity contribution < 1.29 is 17.9 Å². The number of hydrogen-bond donors (Lipinski definition) is 0. The Morgan fingerprint density at radius 3 is 2.32 bits per heavy atom. The van der Waals surface area contributed by atoms with Gasteiger partial charge in [0.1, 0.15) is 5.75 Å². The van der Waals surface area contributed by atoms with Gasteiger partial charge in [-0.2, -0.15) is 5.10 Å². The van der Waals surface area contributed by atoms with E-state index in [0.29, 0.717) is 5.56 Å². The molecule has 2 aromatic carbocycles. The Labute approximate surface area is 141 Å². The Hall–Kier alpha value is -3.09. The average molecular weight is 346 g/mol. The molecule has 0 radical (unpaired) electrons. The van der Waals surface area contributed by atoms with Gasteiger partial charge in [-0.15, -0.1) is 13.2 Å². The highest BCUT2D eigenvalue weighted by atomic mass is 19.4. The van der Waals surface area contributed by atoms with Gasteiger partial charge in [0.15, 0.2) is 0 Å². The largest absolute Gasteiger partial charge is 0.573 e. The molecule has 0 atom stereocenters. The lowest BCUT2D eigenvalue weighted by molar-refractivity contribution is -0.274. The maximum atomic E-state index is 12.5. The van der Waals surface area contributed by atoms with Gasteiger partial charge in [0, 0.05) is 17.2 Å². The van der Waals surface area contributed by atoms with E-state index in [1.54, 1.807) is 6.07 Å². The summed E-state index contributed by atoms with van der Waals surface area (Å²) in [6, 6.07) is 16.3. The Kier molecular flexibility index (Phi) is 4.56. The van der Waals surface area contributed by atoms with Gasteiger partial charge in [-0.3, -0.25) is 4.79 Å². The fourth-order valence-electron chi connectivity index (χ4n) is 2.36. The lowest BCUT2D eigenvalue weighted by Gasteiger charge is -2.13. The van der Waals surface area contributed by atoms with E-state index in [2.05, 4.69) is 9.84 Å². The molecule has 0 saturated heterocycles. The van der Waals surface area contributed by atoms with E-state index in [9.17, 15) is 18.0 Å². The lowest BCUT2D eigenvalue weighted by Crippen LogP contribution is -2.24. The molecule has 128 valence electrons. The molecule has 0 fully saturated rings. The third kappa shape index (κ3) is 4.26. The van der Waals surface area contributed by atoms with Crippen LogP contribution in [0.5, 0.6) is 5.75 Å². The standard InChI is InChI=1S/C18H13F3N2O2/c19-18(20,21)25-16-9-5-4-8-14(16)12-23-17(24)10-15(11-22-23)13-6-2-1-3-7-13/h1-11H,12H2. The van der Waals surface area contributed by atoms with Crippen molar-refractivity contribution in [1.82, 2.24) is 9.78 Å². The molecule has 7 heteroatoms. The molecule has 0 aliphatic carbocycles. The monoisotopic (exact) mass is 346 g/mol. The fraction of sp³-hybridized carbons (Fsp3) is 0.111. The summed E-state index contributed by atoms with van der Waals surface area (Å²) in [4.78, 5) is 12.3. The number of ether oxygens (including phenoxy) is 1. The highest BCUT2D eigenvalue weighted by molar-refractivity contribution is 5.61. The van der Waals surface area contributed by atoms with Crippen LogP contribution in [0.1, 0.15) is 5.56 Å². The zero-order valence-electron chi connectivity index (χ0n) is 12.9. The number of halogens is 3. The van der Waals surface area contributed by atoms with E-state index in [0.717, 1.165) is 10.2 Å². The van der Waals surface area contributed by atoms with E-state index in [1.165, 1.54) is 30.5 Å². The minimum atomic E-state index is -4.80. The first-order chi connectivity index (χ1) is 11.9. The number of aromatic nitrogens is 2. The van der Waals surface area contributed by atoms with Crippen LogP contribution in [-0.4, -0.2) is 16.1 Å². The number of nitrogens with zero attached hydrogens (tertiary/aromatic N) is 2. The first-order valence-electron chi connectivity index (χ1n) is 7.38. The molecule has 0 unspecified atom stereocenters. The molecule has 0 spiro atoms. The number of para-hydroxylation sites is 1. The zero-order chi connectivity index (χ0) is 17.9. The van der Waals surface area contributed by atoms with Crippen molar-refractivity contribution >= 4 is 0 Å². The van der Waals surface area contributed by atoms with Crippen molar-refractivity contribution in [1.29, 1.82) is 0 Å². The molecule has 1 aromatic heterocycles. The second-order valence-electron chi connectivity index (χ2n) is 5.26. The van der Waals surface area contributed by atoms with Crippen LogP contribution >= 0.6 is 0 Å². The van der Waals surface area contributed by atoms with Crippen molar-refractivity contribution in [2.75, 3.05) is 0 Å². The van der Waals surface area contributed by atoms with E-state index in [-0.39, 0.29) is 17.9 Å². The summed E-state index contributed by atoms with van der Waals surface area (Å²) in [6.07, 6.45) is -3.30. The lowest BCUT2D eigenvalue weighted by atomic mass is 10.1. The Morgan fingerprint density at radius 1 is 0.960 bits per heavy atom. The highest BCUT2D eigenvalue weighted by Gasteiger charge is 2.32. The smallest absolute Gasteiger partial charge is 0.405 e. The number of rotatable bonds is 4. The van der Waals surface area contributed by atoms with Crippen LogP contribution in [0.3, 0.4) is 0 Å². The highest BCUT2D eigenvalue weighted by Crippen LogP contribution is 2.26. The van der Waals surface area contributed by atoms with Crippen LogP contribution < -0.4 is 10.3 Å². The van der Waals surface area contributed by atoms with Crippen molar-refractivity contribution in [2.24, 2.45) is 0 Å². The number of benzene rings is 2. The van der Waals surface area contributed by atoms with Gasteiger partial charge >= 0.3 is 6.36 Å². The van der Waals surface area contributed by atoms with E-state index >= 15 is 0 Å². The minimum absolute atomic E-state index is 0.125. The Bertz CT molecular complexity index is 921. The van der Waals surface area contributed by atoms with Gasteiger partial charge < -0.3 is 4.74 Å². The molecular weight excluding hydrogens is 333 g/mol. The second kappa shape index (κ2) is 6.80. The summed E-state index contributed by atoms with van der Waals surface area (Å²) in [5, 5.41) is 4.05. The van der Waals surface area contributed by atoms with Gasteiger partial charge in [0.2, 0.25) is 0 Å². The third-order valence-electron chi connectivity index (χ3n) is 3.50. The molecule has 3 aromatic rings. The molecule has 0 amide bonds. The van der Waals surface area contributed by atoms with Crippen molar-refractivity contribution in [3.8, 4) is 16.9 Å². The summed E-state index contributed by atoms with van der Waals surface area (Å²) < 4.78 is 42.5. The molecule has 0 aliphatic rings. The van der Waals surface area contributed by atoms with Crippen LogP contribution in [0.2, 0.25) is 0 Å². The fourth-order valence-corrected chi connectivity index (χ4v) is 2.36. The van der Waals surface area contributed by atoms with Crippen LogP contribution in [-0.2, 0) is 6.54 Å². The molecule has 3 rings (SSSR count). The second-order valence-corrected chi connectivity index (χ2v) is 5.26. The van der Waals surface area contributed by atoms with Crippen LogP contribution in [0, 0.1) is 0 Å². The maximum absolute atomic E-state index is 12.5. The van der Waals surface area contributed by atoms with E-state index in [1.807, 2.05) is 30.3 Å². The van der Waals surface area contributed by atoms with Gasteiger partial charge in [-0.1, -0.05) is 48.5 Å². The molecular formula is C18H13F3N2O2. The van der Waals surface area contributed by atoms with Crippen LogP contribution in [0.15, 0.2) is 71.7 Å². The van der Waals surface area contributed by atoms with Crippen LogP contribution in [0.4, 0.5) is 13.2 Å². The predicted octanol–water partition coefficient (Wildman–Crippen LogP) is 3.86. The molecule has 0 aliphatic heterocycles. The molecule has 1 heterocycles. The SMILES string of the molecule is O=c1cc(-c2ccccc2)cnn1Cc1ccccc1OC(F)(F)F. The molecule has 25 heavy (non-hydrogen) atoms. The summed E-state index contributed by atoms with van der Waals surface area (Å²) in [5.74, 6) is -0.351. The van der Waals surface area contributed by atoms with Crippen LogP contribution in [0.25, 0.3) is 11.1 Å². The third-order valence-corrected chi connectivity index (χ3v) is 3.50. The molecule has 0 saturated carbocycles. The normalized spacial score (nSPS) is 11.3. The summed E-state index contributed by atoms with van der Waals surface area (Å²) in [6.45, 7) is -0.125. The molecule has 0 bridgehead atoms. The average Bonchev–Trinajstić information content (AvgIpc) is 2.58. The summed E-state index contributed by atoms with van der Waals surface area (Å²) in [5.41, 5.74) is 1.27. The van der Waals surface area contributed by atoms with Gasteiger partial charge in [-0.25, -0.2) is 4.68 Å². The number of alkyl halides is 3. The van der Waals surface area contributed by atoms with Gasteiger partial charge in [-0.05, 0) is 11.6 Å². The summed E-state index contributed by atoms with van der Waals surface area (Å²) in [7, 11) is 0. The van der Waals surface area contributed by atoms with Crippen molar-refractivity contribution in [3.63, 3.8) is 0 Å². The van der Waals surface area contributed by atoms with Crippen molar-refractivity contribution in [2.45, 2.75) is 12.9 Å². The predicted molar refractivity (Wildman–Crippen MR) is 86.2 cm³/mol. The topological polar surface area (TPSA) is 44.1 Å². The first kappa shape index (κ1) is 16.8. The van der Waals surface area contributed by atoms with Gasteiger partial charge in [0.25, 0.3) is 5.56 Å². The van der Waals surface area contributed by atoms with Crippen molar-refractivity contribution in [3.05, 3.63) is 82.8 Å². The zero-order valence-corrected chi connectivity index (χ0v) is 12.9.